The number of methoxy groups -OCH3 is 1. The van der Waals surface area contributed by atoms with E-state index >= 15 is 0 Å². The molecule has 2 atom stereocenters. The van der Waals surface area contributed by atoms with Crippen LogP contribution in [-0.2, 0) is 4.74 Å². The van der Waals surface area contributed by atoms with Crippen molar-refractivity contribution in [3.05, 3.63) is 23.9 Å². The molecule has 1 aliphatic heterocycles. The molecule has 114 valence electrons. The van der Waals surface area contributed by atoms with Crippen molar-refractivity contribution in [1.82, 2.24) is 9.88 Å². The van der Waals surface area contributed by atoms with Gasteiger partial charge in [0.25, 0.3) is 5.91 Å². The Morgan fingerprint density at radius 1 is 1.48 bits per heavy atom. The summed E-state index contributed by atoms with van der Waals surface area (Å²) in [6.07, 6.45) is 3.58. The van der Waals surface area contributed by atoms with Crippen molar-refractivity contribution in [2.45, 2.75) is 31.5 Å². The first-order valence-corrected chi connectivity index (χ1v) is 7.28. The quantitative estimate of drug-likeness (QED) is 0.836. The number of nitrogens with zero attached hydrogens (tertiary/aromatic N) is 2. The van der Waals surface area contributed by atoms with Gasteiger partial charge in [-0.2, -0.15) is 0 Å². The van der Waals surface area contributed by atoms with Gasteiger partial charge in [0.15, 0.2) is 0 Å². The lowest BCUT2D eigenvalue weighted by Crippen LogP contribution is -2.62. The van der Waals surface area contributed by atoms with E-state index in [4.69, 9.17) is 10.5 Å². The highest BCUT2D eigenvalue weighted by Crippen LogP contribution is 2.50. The minimum atomic E-state index is -0.308. The Balaban J connectivity index is 1.66. The van der Waals surface area contributed by atoms with Gasteiger partial charge >= 0.3 is 0 Å². The van der Waals surface area contributed by atoms with Gasteiger partial charge in [-0.3, -0.25) is 4.79 Å². The highest BCUT2D eigenvalue weighted by Gasteiger charge is 2.56. The molecule has 2 heterocycles. The van der Waals surface area contributed by atoms with Crippen LogP contribution >= 0.6 is 0 Å². The van der Waals surface area contributed by atoms with Gasteiger partial charge in [-0.1, -0.05) is 0 Å². The summed E-state index contributed by atoms with van der Waals surface area (Å²) in [6, 6.07) is 3.33. The maximum Gasteiger partial charge on any atom is 0.255 e. The number of ether oxygens (including phenoxy) is 1. The Kier molecular flexibility index (Phi) is 3.59. The average molecular weight is 291 g/mol. The number of amides is 1. The summed E-state index contributed by atoms with van der Waals surface area (Å²) >= 11 is 0. The summed E-state index contributed by atoms with van der Waals surface area (Å²) in [6.45, 7) is 1.28. The van der Waals surface area contributed by atoms with Crippen LogP contribution in [0.15, 0.2) is 18.3 Å². The van der Waals surface area contributed by atoms with Crippen LogP contribution in [0.2, 0.25) is 0 Å². The summed E-state index contributed by atoms with van der Waals surface area (Å²) in [5.41, 5.74) is 5.93. The number of nitrogens with two attached hydrogens (primary N) is 1. The number of rotatable bonds is 2. The minimum absolute atomic E-state index is 0.0277. The number of carbonyl (C=O) groups is 1. The third-order valence-corrected chi connectivity index (χ3v) is 5.04. The molecule has 3 rings (SSSR count). The number of aliphatic hydroxyl groups is 1. The standard InChI is InChI=1S/C15H21N3O3/c1-21-12-8-11(19)15(12)4-6-18(7-5-15)14(20)10-2-3-13(16)17-9-10/h2-3,9,11-12,19H,4-8H2,1H3,(H2,16,17)/t11-,12+/m0/s1. The Morgan fingerprint density at radius 3 is 2.71 bits per heavy atom. The first-order chi connectivity index (χ1) is 10.1. The SMILES string of the molecule is CO[C@@H]1C[C@H](O)C12CCN(C(=O)c1ccc(N)nc1)CC2. The number of anilines is 1. The van der Waals surface area contributed by atoms with E-state index in [1.54, 1.807) is 19.2 Å². The number of likely N-dealkylation sites (tertiary alicyclic amines) is 1. The van der Waals surface area contributed by atoms with Crippen LogP contribution in [0.3, 0.4) is 0 Å². The number of hydrogen-bond acceptors (Lipinski definition) is 5. The first-order valence-electron chi connectivity index (χ1n) is 7.28. The molecule has 1 saturated heterocycles. The van der Waals surface area contributed by atoms with Gasteiger partial charge in [0.05, 0.1) is 17.8 Å². The van der Waals surface area contributed by atoms with Gasteiger partial charge in [-0.05, 0) is 25.0 Å². The smallest absolute Gasteiger partial charge is 0.255 e. The predicted molar refractivity (Wildman–Crippen MR) is 77.6 cm³/mol. The molecule has 0 aromatic carbocycles. The molecule has 0 radical (unpaired) electrons. The van der Waals surface area contributed by atoms with E-state index in [-0.39, 0.29) is 23.5 Å². The molecule has 21 heavy (non-hydrogen) atoms. The molecule has 1 aliphatic carbocycles. The van der Waals surface area contributed by atoms with Crippen LogP contribution in [0.5, 0.6) is 0 Å². The van der Waals surface area contributed by atoms with E-state index in [9.17, 15) is 9.90 Å². The molecular weight excluding hydrogens is 270 g/mol. The normalized spacial score (nSPS) is 27.4. The van der Waals surface area contributed by atoms with Crippen LogP contribution in [0.25, 0.3) is 0 Å². The average Bonchev–Trinajstić information content (AvgIpc) is 2.52. The summed E-state index contributed by atoms with van der Waals surface area (Å²) in [7, 11) is 1.69. The van der Waals surface area contributed by atoms with Crippen LogP contribution in [0.4, 0.5) is 5.82 Å². The van der Waals surface area contributed by atoms with E-state index in [1.165, 1.54) is 6.20 Å². The van der Waals surface area contributed by atoms with Crippen molar-refractivity contribution in [3.8, 4) is 0 Å². The number of pyridine rings is 1. The van der Waals surface area contributed by atoms with Gasteiger partial charge in [-0.15, -0.1) is 0 Å². The van der Waals surface area contributed by atoms with Gasteiger partial charge in [-0.25, -0.2) is 4.98 Å². The van der Waals surface area contributed by atoms with Crippen LogP contribution in [-0.4, -0.2) is 53.3 Å². The second kappa shape index (κ2) is 5.27. The fourth-order valence-corrected chi connectivity index (χ4v) is 3.55. The molecule has 2 fully saturated rings. The van der Waals surface area contributed by atoms with Gasteiger partial charge in [0.1, 0.15) is 5.82 Å². The van der Waals surface area contributed by atoms with Crippen LogP contribution < -0.4 is 5.73 Å². The largest absolute Gasteiger partial charge is 0.392 e. The van der Waals surface area contributed by atoms with Gasteiger partial charge in [0.2, 0.25) is 0 Å². The Hall–Kier alpha value is -1.66. The molecule has 3 N–H and O–H groups in total. The van der Waals surface area contributed by atoms with E-state index in [0.29, 0.717) is 30.9 Å². The van der Waals surface area contributed by atoms with Gasteiger partial charge in [0, 0.05) is 38.2 Å². The number of nitrogen functional groups attached to an aromatic ring is 1. The molecular formula is C15H21N3O3. The Bertz CT molecular complexity index is 523. The molecule has 0 bridgehead atoms. The molecule has 0 unspecified atom stereocenters. The van der Waals surface area contributed by atoms with Crippen molar-refractivity contribution < 1.29 is 14.6 Å². The van der Waals surface area contributed by atoms with E-state index in [1.807, 2.05) is 4.90 Å². The lowest BCUT2D eigenvalue weighted by molar-refractivity contribution is -0.199. The second-order valence-electron chi connectivity index (χ2n) is 5.97. The molecule has 6 nitrogen and oxygen atoms in total. The fraction of sp³-hybridized carbons (Fsp3) is 0.600. The topological polar surface area (TPSA) is 88.7 Å². The zero-order chi connectivity index (χ0) is 15.0. The predicted octanol–water partition coefficient (Wildman–Crippen LogP) is 0.666. The second-order valence-corrected chi connectivity index (χ2v) is 5.97. The zero-order valence-electron chi connectivity index (χ0n) is 12.2. The van der Waals surface area contributed by atoms with Crippen molar-refractivity contribution in [2.75, 3.05) is 25.9 Å². The third-order valence-electron chi connectivity index (χ3n) is 5.04. The zero-order valence-corrected chi connectivity index (χ0v) is 12.2. The maximum atomic E-state index is 12.4. The van der Waals surface area contributed by atoms with Crippen molar-refractivity contribution in [2.24, 2.45) is 5.41 Å². The summed E-state index contributed by atoms with van der Waals surface area (Å²) < 4.78 is 5.46. The summed E-state index contributed by atoms with van der Waals surface area (Å²) in [5.74, 6) is 0.379. The van der Waals surface area contributed by atoms with E-state index in [2.05, 4.69) is 4.98 Å². The third kappa shape index (κ3) is 2.28. The molecule has 2 aliphatic rings. The summed E-state index contributed by atoms with van der Waals surface area (Å²) in [5, 5.41) is 10.1. The van der Waals surface area contributed by atoms with E-state index in [0.717, 1.165) is 12.8 Å². The molecule has 1 amide bonds. The minimum Gasteiger partial charge on any atom is -0.392 e. The fourth-order valence-electron chi connectivity index (χ4n) is 3.55. The summed E-state index contributed by atoms with van der Waals surface area (Å²) in [4.78, 5) is 18.2. The monoisotopic (exact) mass is 291 g/mol. The number of carbonyl (C=O) groups excluding carboxylic acids is 1. The Morgan fingerprint density at radius 2 is 2.19 bits per heavy atom. The number of hydrogen-bond donors (Lipinski definition) is 2. The number of aliphatic hydroxyl groups excluding tert-OH is 1. The molecule has 1 aromatic rings. The van der Waals surface area contributed by atoms with Crippen LogP contribution in [0.1, 0.15) is 29.6 Å². The van der Waals surface area contributed by atoms with Crippen LogP contribution in [0, 0.1) is 5.41 Å². The van der Waals surface area contributed by atoms with Crippen molar-refractivity contribution >= 4 is 11.7 Å². The molecule has 1 saturated carbocycles. The lowest BCUT2D eigenvalue weighted by atomic mass is 9.58. The van der Waals surface area contributed by atoms with E-state index < -0.39 is 0 Å². The Labute approximate surface area is 123 Å². The van der Waals surface area contributed by atoms with Crippen molar-refractivity contribution in [3.63, 3.8) is 0 Å². The molecule has 6 heteroatoms. The highest BCUT2D eigenvalue weighted by atomic mass is 16.5. The first kappa shape index (κ1) is 14.3. The molecule has 1 aromatic heterocycles. The molecule has 1 spiro atoms. The maximum absolute atomic E-state index is 12.4. The lowest BCUT2D eigenvalue weighted by Gasteiger charge is -2.56. The van der Waals surface area contributed by atoms with Gasteiger partial charge < -0.3 is 20.5 Å². The number of aromatic nitrogens is 1. The van der Waals surface area contributed by atoms with Crippen molar-refractivity contribution in [1.29, 1.82) is 0 Å². The highest BCUT2D eigenvalue weighted by molar-refractivity contribution is 5.94. The number of piperidine rings is 1.